The number of hydrogen-bond donors (Lipinski definition) is 1. The van der Waals surface area contributed by atoms with Gasteiger partial charge in [0.25, 0.3) is 0 Å². The van der Waals surface area contributed by atoms with E-state index in [4.69, 9.17) is 9.47 Å². The normalized spacial score (nSPS) is 18.5. The Balaban J connectivity index is 1.28. The van der Waals surface area contributed by atoms with Gasteiger partial charge in [-0.3, -0.25) is 4.98 Å². The Bertz CT molecular complexity index is 1280. The van der Waals surface area contributed by atoms with Crippen LogP contribution < -0.4 is 9.47 Å². The van der Waals surface area contributed by atoms with Crippen molar-refractivity contribution in [3.63, 3.8) is 0 Å². The van der Waals surface area contributed by atoms with Crippen molar-refractivity contribution >= 4 is 5.57 Å². The van der Waals surface area contributed by atoms with Crippen molar-refractivity contribution in [1.29, 1.82) is 0 Å². The third kappa shape index (κ3) is 5.36. The van der Waals surface area contributed by atoms with Crippen LogP contribution in [0.4, 0.5) is 13.2 Å². The molecule has 0 aliphatic carbocycles. The van der Waals surface area contributed by atoms with E-state index in [1.165, 1.54) is 12.1 Å². The van der Waals surface area contributed by atoms with Gasteiger partial charge in [0.1, 0.15) is 18.1 Å². The SMILES string of the molecule is COc1ccc2c(c1)/C(=C/CCN1CCC(O)(c3ccc(C(F)(F)F)cc3)CC1)c1cccnc1CO2. The number of aromatic nitrogens is 1. The molecule has 1 fully saturated rings. The Morgan fingerprint density at radius 2 is 1.84 bits per heavy atom. The summed E-state index contributed by atoms with van der Waals surface area (Å²) in [6, 6.07) is 14.6. The van der Waals surface area contributed by atoms with Gasteiger partial charge >= 0.3 is 6.18 Å². The number of rotatable bonds is 5. The number of benzene rings is 2. The molecule has 3 aromatic rings. The number of ether oxygens (including phenoxy) is 2. The maximum atomic E-state index is 12.9. The standard InChI is InChI=1S/C29H29F3N2O3/c1-36-22-10-11-27-25(18-22)23(24-4-2-14-33-26(24)19-37-27)5-3-15-34-16-12-28(35,13-17-34)20-6-8-21(9-7-20)29(30,31)32/h2,4-11,14,18,35H,3,12-13,15-17,19H2,1H3/b23-5+. The second-order valence-electron chi connectivity index (χ2n) is 9.50. The van der Waals surface area contributed by atoms with Crippen LogP contribution in [0.1, 0.15) is 47.2 Å². The number of halogens is 3. The summed E-state index contributed by atoms with van der Waals surface area (Å²) in [6.07, 6.45) is 1.29. The molecule has 5 nitrogen and oxygen atoms in total. The molecule has 0 atom stereocenters. The summed E-state index contributed by atoms with van der Waals surface area (Å²) in [5.74, 6) is 1.53. The zero-order chi connectivity index (χ0) is 26.0. The first-order valence-corrected chi connectivity index (χ1v) is 12.3. The van der Waals surface area contributed by atoms with Crippen molar-refractivity contribution in [2.45, 2.75) is 37.6 Å². The molecular formula is C29H29F3N2O3. The molecule has 2 aromatic carbocycles. The number of piperidine rings is 1. The third-order valence-corrected chi connectivity index (χ3v) is 7.25. The number of fused-ring (bicyclic) bond motifs is 2. The fraction of sp³-hybridized carbons (Fsp3) is 0.345. The number of nitrogens with zero attached hydrogens (tertiary/aromatic N) is 2. The molecule has 1 N–H and O–H groups in total. The molecule has 5 rings (SSSR count). The minimum absolute atomic E-state index is 0.390. The number of methoxy groups -OCH3 is 1. The Hall–Kier alpha value is -3.36. The summed E-state index contributed by atoms with van der Waals surface area (Å²) < 4.78 is 50.2. The van der Waals surface area contributed by atoms with Gasteiger partial charge in [-0.1, -0.05) is 24.3 Å². The fourth-order valence-corrected chi connectivity index (χ4v) is 5.08. The summed E-state index contributed by atoms with van der Waals surface area (Å²) in [6.45, 7) is 2.50. The van der Waals surface area contributed by atoms with Gasteiger partial charge in [0.15, 0.2) is 0 Å². The molecule has 0 spiro atoms. The molecule has 3 heterocycles. The lowest BCUT2D eigenvalue weighted by Crippen LogP contribution is -2.42. The number of alkyl halides is 3. The van der Waals surface area contributed by atoms with Crippen LogP contribution in [-0.4, -0.2) is 41.7 Å². The highest BCUT2D eigenvalue weighted by Crippen LogP contribution is 2.39. The van der Waals surface area contributed by atoms with Gasteiger partial charge in [-0.15, -0.1) is 0 Å². The molecule has 2 aliphatic heterocycles. The molecule has 0 bridgehead atoms. The Labute approximate surface area is 214 Å². The lowest BCUT2D eigenvalue weighted by molar-refractivity contribution is -0.137. The van der Waals surface area contributed by atoms with Crippen molar-refractivity contribution in [2.75, 3.05) is 26.7 Å². The van der Waals surface area contributed by atoms with Gasteiger partial charge in [0.05, 0.1) is 24.0 Å². The van der Waals surface area contributed by atoms with Crippen molar-refractivity contribution in [1.82, 2.24) is 9.88 Å². The second-order valence-corrected chi connectivity index (χ2v) is 9.50. The van der Waals surface area contributed by atoms with Gasteiger partial charge in [-0.25, -0.2) is 0 Å². The molecule has 0 saturated carbocycles. The summed E-state index contributed by atoms with van der Waals surface area (Å²) in [5, 5.41) is 11.1. The van der Waals surface area contributed by atoms with E-state index in [0.29, 0.717) is 38.1 Å². The minimum Gasteiger partial charge on any atom is -0.497 e. The first kappa shape index (κ1) is 25.3. The van der Waals surface area contributed by atoms with Crippen LogP contribution in [0.3, 0.4) is 0 Å². The number of hydrogen-bond acceptors (Lipinski definition) is 5. The van der Waals surface area contributed by atoms with Crippen LogP contribution in [0.15, 0.2) is 66.9 Å². The van der Waals surface area contributed by atoms with Gasteiger partial charge in [-0.2, -0.15) is 13.2 Å². The molecule has 1 saturated heterocycles. The topological polar surface area (TPSA) is 54.8 Å². The first-order chi connectivity index (χ1) is 17.8. The zero-order valence-electron chi connectivity index (χ0n) is 20.6. The van der Waals surface area contributed by atoms with E-state index in [1.54, 1.807) is 13.3 Å². The van der Waals surface area contributed by atoms with E-state index in [9.17, 15) is 18.3 Å². The van der Waals surface area contributed by atoms with E-state index in [0.717, 1.165) is 59.0 Å². The molecule has 0 radical (unpaired) electrons. The largest absolute Gasteiger partial charge is 0.497 e. The smallest absolute Gasteiger partial charge is 0.416 e. The molecule has 8 heteroatoms. The fourth-order valence-electron chi connectivity index (χ4n) is 5.08. The van der Waals surface area contributed by atoms with Crippen molar-refractivity contribution < 1.29 is 27.8 Å². The van der Waals surface area contributed by atoms with Gasteiger partial charge in [0.2, 0.25) is 0 Å². The molecule has 1 aromatic heterocycles. The highest BCUT2D eigenvalue weighted by molar-refractivity contribution is 5.85. The summed E-state index contributed by atoms with van der Waals surface area (Å²) in [4.78, 5) is 6.80. The number of aliphatic hydroxyl groups is 1. The van der Waals surface area contributed by atoms with E-state index in [-0.39, 0.29) is 0 Å². The van der Waals surface area contributed by atoms with E-state index < -0.39 is 17.3 Å². The van der Waals surface area contributed by atoms with Crippen LogP contribution >= 0.6 is 0 Å². The summed E-state index contributed by atoms with van der Waals surface area (Å²) in [5.41, 5.74) is 2.64. The molecule has 37 heavy (non-hydrogen) atoms. The molecular weight excluding hydrogens is 481 g/mol. The van der Waals surface area contributed by atoms with Gasteiger partial charge in [-0.05, 0) is 66.8 Å². The predicted molar refractivity (Wildman–Crippen MR) is 134 cm³/mol. The molecule has 0 unspecified atom stereocenters. The van der Waals surface area contributed by atoms with Crippen molar-refractivity contribution in [2.24, 2.45) is 0 Å². The Morgan fingerprint density at radius 3 is 2.54 bits per heavy atom. The quantitative estimate of drug-likeness (QED) is 0.470. The van der Waals surface area contributed by atoms with Crippen LogP contribution in [0.2, 0.25) is 0 Å². The van der Waals surface area contributed by atoms with Crippen molar-refractivity contribution in [3.8, 4) is 11.5 Å². The predicted octanol–water partition coefficient (Wildman–Crippen LogP) is 5.81. The van der Waals surface area contributed by atoms with E-state index in [2.05, 4.69) is 22.0 Å². The second kappa shape index (κ2) is 10.2. The minimum atomic E-state index is -4.38. The monoisotopic (exact) mass is 510 g/mol. The maximum absolute atomic E-state index is 12.9. The van der Waals surface area contributed by atoms with E-state index in [1.807, 2.05) is 24.3 Å². The molecule has 0 amide bonds. The van der Waals surface area contributed by atoms with Crippen LogP contribution in [-0.2, 0) is 18.4 Å². The van der Waals surface area contributed by atoms with Crippen LogP contribution in [0.25, 0.3) is 5.57 Å². The molecule has 194 valence electrons. The third-order valence-electron chi connectivity index (χ3n) is 7.25. The van der Waals surface area contributed by atoms with Crippen LogP contribution in [0.5, 0.6) is 11.5 Å². The van der Waals surface area contributed by atoms with Gasteiger partial charge in [0, 0.05) is 37.0 Å². The Morgan fingerprint density at radius 1 is 1.08 bits per heavy atom. The highest BCUT2D eigenvalue weighted by atomic mass is 19.4. The zero-order valence-corrected chi connectivity index (χ0v) is 20.6. The summed E-state index contributed by atoms with van der Waals surface area (Å²) in [7, 11) is 1.64. The first-order valence-electron chi connectivity index (χ1n) is 12.3. The average molecular weight is 511 g/mol. The highest BCUT2D eigenvalue weighted by Gasteiger charge is 2.35. The average Bonchev–Trinajstić information content (AvgIpc) is 3.06. The summed E-state index contributed by atoms with van der Waals surface area (Å²) >= 11 is 0. The van der Waals surface area contributed by atoms with Crippen LogP contribution in [0, 0.1) is 0 Å². The van der Waals surface area contributed by atoms with Gasteiger partial charge < -0.3 is 19.5 Å². The van der Waals surface area contributed by atoms with Crippen molar-refractivity contribution in [3.05, 3.63) is 94.8 Å². The lowest BCUT2D eigenvalue weighted by Gasteiger charge is -2.38. The number of likely N-dealkylation sites (tertiary alicyclic amines) is 1. The molecule has 2 aliphatic rings. The number of pyridine rings is 1. The lowest BCUT2D eigenvalue weighted by atomic mass is 9.84. The Kier molecular flexibility index (Phi) is 6.96. The van der Waals surface area contributed by atoms with E-state index >= 15 is 0 Å². The maximum Gasteiger partial charge on any atom is 0.416 e.